The molecule has 2 heterocycles. The third-order valence-corrected chi connectivity index (χ3v) is 4.76. The van der Waals surface area contributed by atoms with Crippen molar-refractivity contribution in [1.29, 1.82) is 0 Å². The van der Waals surface area contributed by atoms with Crippen LogP contribution in [0.4, 0.5) is 5.69 Å². The number of hydrogen-bond donors (Lipinski definition) is 1. The molecule has 2 aromatic carbocycles. The van der Waals surface area contributed by atoms with Crippen LogP contribution in [0.5, 0.6) is 0 Å². The van der Waals surface area contributed by atoms with Crippen LogP contribution in [-0.4, -0.2) is 10.5 Å². The van der Waals surface area contributed by atoms with Crippen molar-refractivity contribution in [2.24, 2.45) is 0 Å². The zero-order valence-electron chi connectivity index (χ0n) is 13.7. The second kappa shape index (κ2) is 5.34. The van der Waals surface area contributed by atoms with Gasteiger partial charge in [-0.25, -0.2) is 0 Å². The summed E-state index contributed by atoms with van der Waals surface area (Å²) in [5.74, 6) is -0.357. The zero-order valence-corrected chi connectivity index (χ0v) is 13.7. The van der Waals surface area contributed by atoms with E-state index in [2.05, 4.69) is 22.9 Å². The van der Waals surface area contributed by atoms with Crippen molar-refractivity contribution < 1.29 is 4.79 Å². The molecule has 1 amide bonds. The number of anilines is 1. The Morgan fingerprint density at radius 2 is 1.96 bits per heavy atom. The van der Waals surface area contributed by atoms with Gasteiger partial charge in [0.15, 0.2) is 0 Å². The molecular formula is C20H18N2O2. The predicted molar refractivity (Wildman–Crippen MR) is 95.8 cm³/mol. The molecule has 0 saturated carbocycles. The van der Waals surface area contributed by atoms with Gasteiger partial charge in [-0.2, -0.15) is 0 Å². The van der Waals surface area contributed by atoms with Crippen LogP contribution in [0.3, 0.4) is 0 Å². The Bertz CT molecular complexity index is 1030. The summed E-state index contributed by atoms with van der Waals surface area (Å²) >= 11 is 0. The van der Waals surface area contributed by atoms with Crippen LogP contribution in [0.15, 0.2) is 53.5 Å². The highest BCUT2D eigenvalue weighted by Crippen LogP contribution is 2.31. The van der Waals surface area contributed by atoms with Crippen molar-refractivity contribution in [3.05, 3.63) is 75.6 Å². The molecule has 0 saturated heterocycles. The number of benzene rings is 2. The van der Waals surface area contributed by atoms with Crippen LogP contribution in [0.2, 0.25) is 0 Å². The monoisotopic (exact) mass is 318 g/mol. The van der Waals surface area contributed by atoms with Gasteiger partial charge in [0.05, 0.1) is 5.52 Å². The Morgan fingerprint density at radius 1 is 1.17 bits per heavy atom. The Balaban J connectivity index is 1.84. The third kappa shape index (κ3) is 2.14. The predicted octanol–water partition coefficient (Wildman–Crippen LogP) is 3.68. The smallest absolute Gasteiger partial charge is 0.261 e. The SMILES string of the molecule is Cc1ccccc1NC(=O)c1cn2c3c(cccc3c1=O)C[C@@H]2C. The molecule has 1 atom stereocenters. The lowest BCUT2D eigenvalue weighted by molar-refractivity contribution is 0.102. The number of nitrogens with zero attached hydrogens (tertiary/aromatic N) is 1. The van der Waals surface area contributed by atoms with Gasteiger partial charge in [0.2, 0.25) is 5.43 Å². The van der Waals surface area contributed by atoms with E-state index in [1.165, 1.54) is 5.56 Å². The minimum Gasteiger partial charge on any atom is -0.343 e. The fourth-order valence-electron chi connectivity index (χ4n) is 3.48. The molecule has 1 aliphatic heterocycles. The van der Waals surface area contributed by atoms with Crippen molar-refractivity contribution in [1.82, 2.24) is 4.57 Å². The zero-order chi connectivity index (χ0) is 16.8. The maximum absolute atomic E-state index is 12.8. The minimum atomic E-state index is -0.357. The van der Waals surface area contributed by atoms with Gasteiger partial charge in [-0.05, 0) is 43.5 Å². The second-order valence-corrected chi connectivity index (χ2v) is 6.41. The summed E-state index contributed by atoms with van der Waals surface area (Å²) in [6.45, 7) is 4.03. The molecule has 0 fully saturated rings. The summed E-state index contributed by atoms with van der Waals surface area (Å²) in [4.78, 5) is 25.5. The van der Waals surface area contributed by atoms with Crippen molar-refractivity contribution in [3.63, 3.8) is 0 Å². The average Bonchev–Trinajstić information content (AvgIpc) is 2.89. The molecule has 4 rings (SSSR count). The Hall–Kier alpha value is -2.88. The second-order valence-electron chi connectivity index (χ2n) is 6.41. The van der Waals surface area contributed by atoms with Crippen LogP contribution in [0.1, 0.15) is 34.5 Å². The van der Waals surface area contributed by atoms with Crippen LogP contribution in [0, 0.1) is 6.92 Å². The van der Waals surface area contributed by atoms with E-state index in [0.717, 1.165) is 23.2 Å². The highest BCUT2D eigenvalue weighted by atomic mass is 16.2. The Morgan fingerprint density at radius 3 is 2.75 bits per heavy atom. The molecule has 0 aliphatic carbocycles. The molecule has 24 heavy (non-hydrogen) atoms. The summed E-state index contributed by atoms with van der Waals surface area (Å²) in [5.41, 5.74) is 3.81. The van der Waals surface area contributed by atoms with E-state index in [0.29, 0.717) is 5.39 Å². The van der Waals surface area contributed by atoms with Gasteiger partial charge in [-0.15, -0.1) is 0 Å². The Kier molecular flexibility index (Phi) is 3.27. The summed E-state index contributed by atoms with van der Waals surface area (Å²) in [5, 5.41) is 3.48. The number of aryl methyl sites for hydroxylation is 1. The van der Waals surface area contributed by atoms with E-state index in [1.54, 1.807) is 12.3 Å². The standard InChI is InChI=1S/C20H18N2O2/c1-12-6-3-4-9-17(12)21-20(24)16-11-22-13(2)10-14-7-5-8-15(18(14)22)19(16)23/h3-9,11,13H,10H2,1-2H3,(H,21,24)/t13-/m0/s1. The minimum absolute atomic E-state index is 0.191. The van der Waals surface area contributed by atoms with Crippen molar-refractivity contribution in [3.8, 4) is 0 Å². The van der Waals surface area contributed by atoms with Crippen LogP contribution < -0.4 is 10.7 Å². The van der Waals surface area contributed by atoms with Gasteiger partial charge in [-0.1, -0.05) is 30.3 Å². The number of pyridine rings is 1. The van der Waals surface area contributed by atoms with Crippen LogP contribution in [-0.2, 0) is 6.42 Å². The largest absolute Gasteiger partial charge is 0.343 e. The van der Waals surface area contributed by atoms with E-state index >= 15 is 0 Å². The van der Waals surface area contributed by atoms with Crippen LogP contribution >= 0.6 is 0 Å². The number of rotatable bonds is 2. The number of carbonyl (C=O) groups is 1. The lowest BCUT2D eigenvalue weighted by Gasteiger charge is -2.13. The first-order valence-corrected chi connectivity index (χ1v) is 8.10. The fourth-order valence-corrected chi connectivity index (χ4v) is 3.48. The van der Waals surface area contributed by atoms with Crippen molar-refractivity contribution in [2.75, 3.05) is 5.32 Å². The highest BCUT2D eigenvalue weighted by molar-refractivity contribution is 6.06. The molecule has 0 unspecified atom stereocenters. The number of carbonyl (C=O) groups excluding carboxylic acids is 1. The summed E-state index contributed by atoms with van der Waals surface area (Å²) in [7, 11) is 0. The molecule has 4 nitrogen and oxygen atoms in total. The molecule has 1 aliphatic rings. The Labute approximate surface area is 139 Å². The summed E-state index contributed by atoms with van der Waals surface area (Å²) in [6.07, 6.45) is 2.60. The van der Waals surface area contributed by atoms with Gasteiger partial charge < -0.3 is 9.88 Å². The van der Waals surface area contributed by atoms with Gasteiger partial charge >= 0.3 is 0 Å². The number of aromatic nitrogens is 1. The normalized spacial score (nSPS) is 15.7. The molecule has 0 spiro atoms. The lowest BCUT2D eigenvalue weighted by Crippen LogP contribution is -2.24. The van der Waals surface area contributed by atoms with Crippen molar-refractivity contribution in [2.45, 2.75) is 26.3 Å². The van der Waals surface area contributed by atoms with Gasteiger partial charge in [0, 0.05) is 23.3 Å². The molecule has 0 radical (unpaired) electrons. The number of amides is 1. The number of para-hydroxylation sites is 2. The van der Waals surface area contributed by atoms with Gasteiger partial charge in [0.25, 0.3) is 5.91 Å². The fraction of sp³-hybridized carbons (Fsp3) is 0.200. The highest BCUT2D eigenvalue weighted by Gasteiger charge is 2.24. The maximum atomic E-state index is 12.8. The molecule has 1 N–H and O–H groups in total. The molecule has 4 heteroatoms. The van der Waals surface area contributed by atoms with Gasteiger partial charge in [0.1, 0.15) is 5.56 Å². The molecule has 3 aromatic rings. The molecule has 120 valence electrons. The van der Waals surface area contributed by atoms with E-state index in [1.807, 2.05) is 37.3 Å². The third-order valence-electron chi connectivity index (χ3n) is 4.76. The number of hydrogen-bond acceptors (Lipinski definition) is 2. The quantitative estimate of drug-likeness (QED) is 0.783. The van der Waals surface area contributed by atoms with E-state index in [-0.39, 0.29) is 22.9 Å². The maximum Gasteiger partial charge on any atom is 0.261 e. The average molecular weight is 318 g/mol. The molecule has 1 aromatic heterocycles. The first kappa shape index (κ1) is 14.7. The van der Waals surface area contributed by atoms with E-state index < -0.39 is 0 Å². The molecular weight excluding hydrogens is 300 g/mol. The molecule has 0 bridgehead atoms. The first-order valence-electron chi connectivity index (χ1n) is 8.10. The van der Waals surface area contributed by atoms with Crippen LogP contribution in [0.25, 0.3) is 10.9 Å². The van der Waals surface area contributed by atoms with Crippen molar-refractivity contribution >= 4 is 22.5 Å². The summed E-state index contributed by atoms with van der Waals surface area (Å²) in [6, 6.07) is 13.5. The first-order chi connectivity index (χ1) is 11.6. The summed E-state index contributed by atoms with van der Waals surface area (Å²) < 4.78 is 2.05. The van der Waals surface area contributed by atoms with E-state index in [9.17, 15) is 9.59 Å². The topological polar surface area (TPSA) is 51.1 Å². The van der Waals surface area contributed by atoms with Gasteiger partial charge in [-0.3, -0.25) is 9.59 Å². The number of nitrogens with one attached hydrogen (secondary N) is 1. The lowest BCUT2D eigenvalue weighted by atomic mass is 10.1. The van der Waals surface area contributed by atoms with E-state index in [4.69, 9.17) is 0 Å².